The molecule has 0 aliphatic rings. The molecule has 2 heterocycles. The van der Waals surface area contributed by atoms with Crippen LogP contribution in [0.4, 0.5) is 0 Å². The predicted molar refractivity (Wildman–Crippen MR) is 83.8 cm³/mol. The zero-order chi connectivity index (χ0) is 19.1. The second-order valence-corrected chi connectivity index (χ2v) is 4.79. The van der Waals surface area contributed by atoms with E-state index in [9.17, 15) is 0 Å². The van der Waals surface area contributed by atoms with Gasteiger partial charge in [-0.05, 0) is 13.8 Å². The Morgan fingerprint density at radius 1 is 1.04 bits per heavy atom. The van der Waals surface area contributed by atoms with Gasteiger partial charge in [0.2, 0.25) is 12.7 Å². The third-order valence-electron chi connectivity index (χ3n) is 2.06. The average Bonchev–Trinajstić information content (AvgIpc) is 2.98. The highest BCUT2D eigenvalue weighted by atomic mass is 16.4. The van der Waals surface area contributed by atoms with Gasteiger partial charge >= 0.3 is 0 Å². The number of aromatic nitrogens is 4. The molecule has 134 valence electrons. The summed E-state index contributed by atoms with van der Waals surface area (Å²) in [5.74, 6) is -2.17. The Hall–Kier alpha value is -2.90. The smallest absolute Gasteiger partial charge is 0.243 e. The van der Waals surface area contributed by atoms with Gasteiger partial charge in [-0.25, -0.2) is 18.3 Å². The number of carbonyl (C=O) groups is 2. The minimum atomic E-state index is -1.08. The van der Waals surface area contributed by atoms with Crippen LogP contribution in [-0.2, 0) is 37.3 Å². The summed E-state index contributed by atoms with van der Waals surface area (Å²) in [6.45, 7) is 6.47. The summed E-state index contributed by atoms with van der Waals surface area (Å²) < 4.78 is 8.07. The summed E-state index contributed by atoms with van der Waals surface area (Å²) in [6.07, 6.45) is 13.9. The van der Waals surface area contributed by atoms with Crippen LogP contribution in [0.3, 0.4) is 0 Å². The Morgan fingerprint density at radius 2 is 1.46 bits per heavy atom. The summed E-state index contributed by atoms with van der Waals surface area (Å²) in [7, 11) is 6.00. The summed E-state index contributed by atoms with van der Waals surface area (Å²) in [5, 5.41) is 17.8. The van der Waals surface area contributed by atoms with Crippen molar-refractivity contribution in [3.05, 3.63) is 50.1 Å². The van der Waals surface area contributed by atoms with Gasteiger partial charge < -0.3 is 19.8 Å². The Kier molecular flexibility index (Phi) is 13.4. The van der Waals surface area contributed by atoms with Crippen molar-refractivity contribution in [3.63, 3.8) is 0 Å². The molecule has 2 rings (SSSR count). The number of hydrogen-bond acceptors (Lipinski definition) is 4. The first-order valence-electron chi connectivity index (χ1n) is 7.02. The van der Waals surface area contributed by atoms with Crippen LogP contribution in [0.1, 0.15) is 13.8 Å². The second-order valence-electron chi connectivity index (χ2n) is 4.79. The standard InChI is InChI=1S/C7H11N2.C5H9N2.2C2H4O2/c1-3-4-9-6-5-8(2)7-9;1-6-3-4-7(2)5-6;2*1-2(3)4/h3,5-7H,1,4H2,2H3;3-5H,1-2H3;2*1H3,(H,3,4)/q2*+1;;/p-2. The Morgan fingerprint density at radius 3 is 1.67 bits per heavy atom. The number of hydrogen-bond donors (Lipinski definition) is 0. The lowest BCUT2D eigenvalue weighted by molar-refractivity contribution is -0.686. The molecule has 8 heteroatoms. The number of carbonyl (C=O) groups excluding carboxylic acids is 2. The molecule has 0 saturated carbocycles. The van der Waals surface area contributed by atoms with Crippen molar-refractivity contribution in [2.24, 2.45) is 21.1 Å². The van der Waals surface area contributed by atoms with Crippen molar-refractivity contribution < 1.29 is 28.9 Å². The highest BCUT2D eigenvalue weighted by Crippen LogP contribution is 1.76. The SMILES string of the molecule is C=CC[n+]1ccn(C)c1.CC(=O)[O-].CC(=O)[O-].Cn1cc[n+](C)c1. The summed E-state index contributed by atoms with van der Waals surface area (Å²) in [5.41, 5.74) is 0. The fourth-order valence-electron chi connectivity index (χ4n) is 1.33. The maximum absolute atomic E-state index is 8.89. The lowest BCUT2D eigenvalue weighted by Gasteiger charge is -1.83. The van der Waals surface area contributed by atoms with E-state index in [0.717, 1.165) is 20.4 Å². The molecule has 0 N–H and O–H groups in total. The van der Waals surface area contributed by atoms with E-state index in [-0.39, 0.29) is 0 Å². The van der Waals surface area contributed by atoms with Gasteiger partial charge in [-0.15, -0.1) is 0 Å². The van der Waals surface area contributed by atoms with Gasteiger partial charge in [-0.2, -0.15) is 0 Å². The van der Waals surface area contributed by atoms with Crippen LogP contribution < -0.4 is 19.3 Å². The third kappa shape index (κ3) is 19.1. The Bertz CT molecular complexity index is 581. The quantitative estimate of drug-likeness (QED) is 0.461. The molecule has 0 aliphatic heterocycles. The van der Waals surface area contributed by atoms with Crippen molar-refractivity contribution in [3.8, 4) is 0 Å². The summed E-state index contributed by atoms with van der Waals surface area (Å²) >= 11 is 0. The zero-order valence-corrected chi connectivity index (χ0v) is 14.9. The lowest BCUT2D eigenvalue weighted by Crippen LogP contribution is -2.29. The number of carboxylic acids is 2. The molecule has 0 saturated heterocycles. The topological polar surface area (TPSA) is 97.9 Å². The normalized spacial score (nSPS) is 8.38. The molecular formula is C16H26N4O4. The summed E-state index contributed by atoms with van der Waals surface area (Å²) in [6, 6.07) is 0. The second kappa shape index (κ2) is 13.7. The fraction of sp³-hybridized carbons (Fsp3) is 0.375. The van der Waals surface area contributed by atoms with E-state index >= 15 is 0 Å². The largest absolute Gasteiger partial charge is 0.550 e. The van der Waals surface area contributed by atoms with Crippen LogP contribution in [0.5, 0.6) is 0 Å². The number of aryl methyl sites for hydroxylation is 3. The maximum atomic E-state index is 8.89. The van der Waals surface area contributed by atoms with Crippen LogP contribution in [0.15, 0.2) is 50.1 Å². The maximum Gasteiger partial charge on any atom is 0.243 e. The number of allylic oxidation sites excluding steroid dienone is 1. The van der Waals surface area contributed by atoms with E-state index < -0.39 is 11.9 Å². The molecule has 0 fully saturated rings. The van der Waals surface area contributed by atoms with Crippen LogP contribution in [0.2, 0.25) is 0 Å². The molecule has 0 amide bonds. The Balaban J connectivity index is 0. The zero-order valence-electron chi connectivity index (χ0n) is 14.9. The van der Waals surface area contributed by atoms with Gasteiger partial charge in [-0.3, -0.25) is 0 Å². The van der Waals surface area contributed by atoms with E-state index in [0.29, 0.717) is 0 Å². The first-order valence-corrected chi connectivity index (χ1v) is 7.02. The van der Waals surface area contributed by atoms with E-state index in [1.807, 2.05) is 78.4 Å². The Labute approximate surface area is 142 Å². The molecule has 24 heavy (non-hydrogen) atoms. The van der Waals surface area contributed by atoms with E-state index in [1.54, 1.807) is 0 Å². The van der Waals surface area contributed by atoms with Crippen LogP contribution in [0, 0.1) is 0 Å². The van der Waals surface area contributed by atoms with Crippen molar-refractivity contribution in [2.45, 2.75) is 20.4 Å². The molecule has 0 radical (unpaired) electrons. The third-order valence-corrected chi connectivity index (χ3v) is 2.06. The molecule has 0 unspecified atom stereocenters. The molecule has 0 spiro atoms. The fourth-order valence-corrected chi connectivity index (χ4v) is 1.33. The monoisotopic (exact) mass is 338 g/mol. The first kappa shape index (κ1) is 23.4. The van der Waals surface area contributed by atoms with Gasteiger partial charge in [0.1, 0.15) is 31.3 Å². The number of nitrogens with zero attached hydrogens (tertiary/aromatic N) is 4. The molecule has 0 aromatic carbocycles. The molecule has 2 aromatic rings. The minimum Gasteiger partial charge on any atom is -0.550 e. The van der Waals surface area contributed by atoms with Crippen LogP contribution >= 0.6 is 0 Å². The van der Waals surface area contributed by atoms with E-state index in [4.69, 9.17) is 19.8 Å². The van der Waals surface area contributed by atoms with Gasteiger partial charge in [0, 0.05) is 11.9 Å². The minimum absolute atomic E-state index is 0.890. The lowest BCUT2D eigenvalue weighted by atomic mass is 10.6. The van der Waals surface area contributed by atoms with Gasteiger partial charge in [0.15, 0.2) is 0 Å². The van der Waals surface area contributed by atoms with Gasteiger partial charge in [-0.1, -0.05) is 12.7 Å². The predicted octanol–water partition coefficient (Wildman–Crippen LogP) is -2.14. The molecule has 2 aromatic heterocycles. The number of imidazole rings is 2. The molecule has 0 aliphatic carbocycles. The molecule has 0 atom stereocenters. The van der Waals surface area contributed by atoms with Crippen molar-refractivity contribution >= 4 is 11.9 Å². The van der Waals surface area contributed by atoms with E-state index in [1.165, 1.54) is 0 Å². The van der Waals surface area contributed by atoms with Crippen molar-refractivity contribution in [2.75, 3.05) is 0 Å². The summed E-state index contributed by atoms with van der Waals surface area (Å²) in [4.78, 5) is 17.8. The van der Waals surface area contributed by atoms with Gasteiger partial charge in [0.05, 0.1) is 21.1 Å². The van der Waals surface area contributed by atoms with E-state index in [2.05, 4.69) is 11.1 Å². The number of rotatable bonds is 2. The molecule has 8 nitrogen and oxygen atoms in total. The average molecular weight is 338 g/mol. The number of aliphatic carboxylic acids is 2. The first-order chi connectivity index (χ1) is 11.1. The number of carboxylic acid groups (broad SMARTS) is 2. The van der Waals surface area contributed by atoms with Crippen molar-refractivity contribution in [1.82, 2.24) is 9.13 Å². The van der Waals surface area contributed by atoms with Gasteiger partial charge in [0.25, 0.3) is 0 Å². The van der Waals surface area contributed by atoms with Crippen LogP contribution in [0.25, 0.3) is 0 Å². The van der Waals surface area contributed by atoms with Crippen LogP contribution in [-0.4, -0.2) is 21.1 Å². The molecular weight excluding hydrogens is 312 g/mol. The molecule has 0 bridgehead atoms. The highest BCUT2D eigenvalue weighted by molar-refractivity contribution is 5.60. The highest BCUT2D eigenvalue weighted by Gasteiger charge is 1.93. The van der Waals surface area contributed by atoms with Crippen molar-refractivity contribution in [1.29, 1.82) is 0 Å².